The molecular formula is C23H34N4O3S. The molecule has 0 amide bonds. The molecular weight excluding hydrogens is 412 g/mol. The first-order chi connectivity index (χ1) is 14.8. The number of piperidine rings is 1. The van der Waals surface area contributed by atoms with E-state index in [9.17, 15) is 13.5 Å². The molecule has 31 heavy (non-hydrogen) atoms. The van der Waals surface area contributed by atoms with Gasteiger partial charge in [0.15, 0.2) is 0 Å². The van der Waals surface area contributed by atoms with Crippen LogP contribution in [0.3, 0.4) is 0 Å². The minimum atomic E-state index is -3.64. The van der Waals surface area contributed by atoms with E-state index in [1.165, 1.54) is 0 Å². The maximum Gasteiger partial charge on any atom is 0.241 e. The second-order valence-corrected chi connectivity index (χ2v) is 11.1. The van der Waals surface area contributed by atoms with E-state index in [1.807, 2.05) is 6.07 Å². The number of sulfonamides is 1. The summed E-state index contributed by atoms with van der Waals surface area (Å²) in [7, 11) is -3.64. The average Bonchev–Trinajstić information content (AvgIpc) is 2.71. The van der Waals surface area contributed by atoms with Crippen LogP contribution in [-0.4, -0.2) is 61.7 Å². The second-order valence-electron chi connectivity index (χ2n) is 9.32. The van der Waals surface area contributed by atoms with Crippen molar-refractivity contribution in [1.82, 2.24) is 14.6 Å². The molecule has 0 spiro atoms. The van der Waals surface area contributed by atoms with Crippen LogP contribution in [0.2, 0.25) is 0 Å². The van der Waals surface area contributed by atoms with Gasteiger partial charge in [0.05, 0.1) is 11.0 Å². The third-order valence-corrected chi connectivity index (χ3v) is 8.34. The normalized spacial score (nSPS) is 23.2. The smallest absolute Gasteiger partial charge is 0.241 e. The van der Waals surface area contributed by atoms with Gasteiger partial charge in [-0.25, -0.2) is 13.1 Å². The molecule has 2 aromatic rings. The summed E-state index contributed by atoms with van der Waals surface area (Å²) in [6, 6.07) is 5.77. The zero-order valence-corrected chi connectivity index (χ0v) is 19.2. The summed E-state index contributed by atoms with van der Waals surface area (Å²) >= 11 is 0. The third-order valence-electron chi connectivity index (χ3n) is 6.82. The fraction of sp³-hybridized carbons (Fsp3) is 0.609. The van der Waals surface area contributed by atoms with Gasteiger partial charge in [-0.2, -0.15) is 0 Å². The first-order valence-electron chi connectivity index (χ1n) is 11.4. The maximum atomic E-state index is 13.0. The lowest BCUT2D eigenvalue weighted by molar-refractivity contribution is 0.0837. The summed E-state index contributed by atoms with van der Waals surface area (Å²) in [6.45, 7) is 7.13. The summed E-state index contributed by atoms with van der Waals surface area (Å²) in [5, 5.41) is 14.7. The Morgan fingerprint density at radius 3 is 2.61 bits per heavy atom. The summed E-state index contributed by atoms with van der Waals surface area (Å²) in [5.41, 5.74) is 0.945. The summed E-state index contributed by atoms with van der Waals surface area (Å²) in [6.07, 6.45) is 6.95. The summed E-state index contributed by atoms with van der Waals surface area (Å²) in [4.78, 5) is 6.72. The summed E-state index contributed by atoms with van der Waals surface area (Å²) in [5.74, 6) is 1.46. The van der Waals surface area contributed by atoms with Gasteiger partial charge in [-0.3, -0.25) is 4.98 Å². The van der Waals surface area contributed by atoms with Crippen LogP contribution in [0.25, 0.3) is 10.8 Å². The molecule has 8 heteroatoms. The van der Waals surface area contributed by atoms with Gasteiger partial charge < -0.3 is 15.3 Å². The number of benzene rings is 1. The van der Waals surface area contributed by atoms with Crippen LogP contribution in [0, 0.1) is 11.8 Å². The number of rotatable bonds is 8. The Morgan fingerprint density at radius 1 is 1.16 bits per heavy atom. The average molecular weight is 447 g/mol. The number of likely N-dealkylation sites (tertiary alicyclic amines) is 1. The van der Waals surface area contributed by atoms with E-state index in [1.54, 1.807) is 24.5 Å². The lowest BCUT2D eigenvalue weighted by Gasteiger charge is -2.39. The highest BCUT2D eigenvalue weighted by atomic mass is 32.2. The molecule has 2 aliphatic rings. The fourth-order valence-electron chi connectivity index (χ4n) is 4.63. The Balaban J connectivity index is 1.45. The van der Waals surface area contributed by atoms with E-state index >= 15 is 0 Å². The third kappa shape index (κ3) is 5.19. The van der Waals surface area contributed by atoms with Gasteiger partial charge >= 0.3 is 0 Å². The Kier molecular flexibility index (Phi) is 6.81. The van der Waals surface area contributed by atoms with Gasteiger partial charge in [-0.1, -0.05) is 13.8 Å². The van der Waals surface area contributed by atoms with E-state index in [0.717, 1.165) is 55.8 Å². The number of aliphatic hydroxyl groups is 1. The summed E-state index contributed by atoms with van der Waals surface area (Å²) < 4.78 is 28.9. The number of anilines is 1. The molecule has 1 saturated heterocycles. The first kappa shape index (κ1) is 22.5. The maximum absolute atomic E-state index is 13.0. The standard InChI is InChI=1S/C23H34N4O3S/c1-16(2)17-13-18(14-17)26-22-3-4-23(20-5-8-24-15-21(20)22)31(29,30)25-9-12-27-10-6-19(28)7-11-27/h3-5,8,15-19,25-26,28H,6-7,9-14H2,1-2H3. The zero-order valence-electron chi connectivity index (χ0n) is 18.4. The quantitative estimate of drug-likeness (QED) is 0.577. The monoisotopic (exact) mass is 446 g/mol. The number of pyridine rings is 1. The van der Waals surface area contributed by atoms with Gasteiger partial charge in [0.25, 0.3) is 0 Å². The number of nitrogens with zero attached hydrogens (tertiary/aromatic N) is 2. The zero-order chi connectivity index (χ0) is 22.0. The molecule has 0 atom stereocenters. The SMILES string of the molecule is CC(C)C1CC(Nc2ccc(S(=O)(=O)NCCN3CCC(O)CC3)c3ccncc23)C1. The van der Waals surface area contributed by atoms with Crippen molar-refractivity contribution >= 4 is 26.5 Å². The van der Waals surface area contributed by atoms with Crippen molar-refractivity contribution < 1.29 is 13.5 Å². The predicted octanol–water partition coefficient (Wildman–Crippen LogP) is 2.82. The predicted molar refractivity (Wildman–Crippen MR) is 124 cm³/mol. The van der Waals surface area contributed by atoms with E-state index in [2.05, 4.69) is 33.8 Å². The van der Waals surface area contributed by atoms with Crippen molar-refractivity contribution in [3.05, 3.63) is 30.6 Å². The molecule has 1 aromatic heterocycles. The number of hydrogen-bond acceptors (Lipinski definition) is 6. The number of hydrogen-bond donors (Lipinski definition) is 3. The van der Waals surface area contributed by atoms with Crippen molar-refractivity contribution in [3.8, 4) is 0 Å². The number of fused-ring (bicyclic) bond motifs is 1. The molecule has 0 unspecified atom stereocenters. The molecule has 0 bridgehead atoms. The largest absolute Gasteiger partial charge is 0.393 e. The number of nitrogens with one attached hydrogen (secondary N) is 2. The molecule has 1 aromatic carbocycles. The molecule has 2 fully saturated rings. The van der Waals surface area contributed by atoms with Crippen LogP contribution >= 0.6 is 0 Å². The van der Waals surface area contributed by atoms with Crippen molar-refractivity contribution in [3.63, 3.8) is 0 Å². The van der Waals surface area contributed by atoms with E-state index in [0.29, 0.717) is 30.4 Å². The number of aromatic nitrogens is 1. The van der Waals surface area contributed by atoms with Crippen molar-refractivity contribution in [2.24, 2.45) is 11.8 Å². The second kappa shape index (κ2) is 9.40. The topological polar surface area (TPSA) is 94.6 Å². The Bertz CT molecular complexity index is 997. The molecule has 7 nitrogen and oxygen atoms in total. The highest BCUT2D eigenvalue weighted by Crippen LogP contribution is 2.37. The Morgan fingerprint density at radius 2 is 1.90 bits per heavy atom. The van der Waals surface area contributed by atoms with Gasteiger partial charge in [-0.05, 0) is 55.7 Å². The first-order valence-corrected chi connectivity index (χ1v) is 12.8. The van der Waals surface area contributed by atoms with Crippen LogP contribution in [-0.2, 0) is 10.0 Å². The lowest BCUT2D eigenvalue weighted by atomic mass is 9.73. The molecule has 1 aliphatic heterocycles. The molecule has 1 aliphatic carbocycles. The highest BCUT2D eigenvalue weighted by Gasteiger charge is 2.31. The van der Waals surface area contributed by atoms with E-state index in [4.69, 9.17) is 0 Å². The van der Waals surface area contributed by atoms with Crippen LogP contribution < -0.4 is 10.0 Å². The van der Waals surface area contributed by atoms with Crippen LogP contribution in [0.1, 0.15) is 39.5 Å². The lowest BCUT2D eigenvalue weighted by Crippen LogP contribution is -2.40. The van der Waals surface area contributed by atoms with Gasteiger partial charge in [0.1, 0.15) is 0 Å². The van der Waals surface area contributed by atoms with E-state index < -0.39 is 10.0 Å². The van der Waals surface area contributed by atoms with E-state index in [-0.39, 0.29) is 11.0 Å². The molecule has 2 heterocycles. The Labute approximate surface area is 185 Å². The fourth-order valence-corrected chi connectivity index (χ4v) is 5.86. The molecule has 0 radical (unpaired) electrons. The van der Waals surface area contributed by atoms with Crippen LogP contribution in [0.4, 0.5) is 5.69 Å². The van der Waals surface area contributed by atoms with Crippen molar-refractivity contribution in [1.29, 1.82) is 0 Å². The van der Waals surface area contributed by atoms with Crippen LogP contribution in [0.15, 0.2) is 35.5 Å². The van der Waals surface area contributed by atoms with Crippen molar-refractivity contribution in [2.75, 3.05) is 31.5 Å². The molecule has 170 valence electrons. The molecule has 4 rings (SSSR count). The van der Waals surface area contributed by atoms with Crippen LogP contribution in [0.5, 0.6) is 0 Å². The van der Waals surface area contributed by atoms with Gasteiger partial charge in [0.2, 0.25) is 10.0 Å². The highest BCUT2D eigenvalue weighted by molar-refractivity contribution is 7.89. The molecule has 3 N–H and O–H groups in total. The van der Waals surface area contributed by atoms with Gasteiger partial charge in [-0.15, -0.1) is 0 Å². The molecule has 1 saturated carbocycles. The minimum Gasteiger partial charge on any atom is -0.393 e. The van der Waals surface area contributed by atoms with Crippen molar-refractivity contribution in [2.45, 2.75) is 56.6 Å². The number of aliphatic hydroxyl groups excluding tert-OH is 1. The Hall–Kier alpha value is -1.74. The van der Waals surface area contributed by atoms with Gasteiger partial charge in [0, 0.05) is 61.1 Å². The minimum absolute atomic E-state index is 0.226.